The van der Waals surface area contributed by atoms with Gasteiger partial charge in [-0.05, 0) is 64.9 Å². The number of likely N-dealkylation sites (tertiary alicyclic amines) is 1. The number of amides is 1. The standard InChI is InChI=1S/C25H34N6O2/c1-18-8-10-20(11-9-18)31-24-23(19(2)28-31)27-21(25(33)29(24)3)12-13-22(32)26-14-7-17-30-15-5-4-6-16-30/h8-11H,4-7,12-17H2,1-3H3,(H,26,32). The maximum Gasteiger partial charge on any atom is 0.273 e. The lowest BCUT2D eigenvalue weighted by atomic mass is 10.1. The van der Waals surface area contributed by atoms with E-state index in [1.54, 1.807) is 16.3 Å². The number of nitrogens with zero attached hydrogens (tertiary/aromatic N) is 5. The van der Waals surface area contributed by atoms with Gasteiger partial charge in [0.05, 0.1) is 11.4 Å². The minimum absolute atomic E-state index is 0.0373. The largest absolute Gasteiger partial charge is 0.356 e. The van der Waals surface area contributed by atoms with Crippen molar-refractivity contribution in [3.05, 3.63) is 51.6 Å². The van der Waals surface area contributed by atoms with Crippen molar-refractivity contribution in [2.45, 2.75) is 52.4 Å². The molecule has 1 fully saturated rings. The SMILES string of the molecule is Cc1ccc(-n2nc(C)c3nc(CCC(=O)NCCCN4CCCCC4)c(=O)n(C)c32)cc1. The van der Waals surface area contributed by atoms with Crippen molar-refractivity contribution >= 4 is 17.1 Å². The summed E-state index contributed by atoms with van der Waals surface area (Å²) in [6.07, 6.45) is 5.41. The second kappa shape index (κ2) is 10.3. The van der Waals surface area contributed by atoms with Crippen molar-refractivity contribution in [3.8, 4) is 5.69 Å². The second-order valence-electron chi connectivity index (χ2n) is 9.03. The number of benzene rings is 1. The molecule has 0 saturated carbocycles. The first-order chi connectivity index (χ1) is 15.9. The van der Waals surface area contributed by atoms with E-state index in [2.05, 4.69) is 20.3 Å². The van der Waals surface area contributed by atoms with Gasteiger partial charge in [-0.25, -0.2) is 9.67 Å². The van der Waals surface area contributed by atoms with Crippen LogP contribution < -0.4 is 10.9 Å². The molecule has 0 unspecified atom stereocenters. The molecular weight excluding hydrogens is 416 g/mol. The van der Waals surface area contributed by atoms with E-state index in [1.165, 1.54) is 32.4 Å². The molecule has 2 aromatic heterocycles. The first-order valence-corrected chi connectivity index (χ1v) is 12.0. The van der Waals surface area contributed by atoms with E-state index < -0.39 is 0 Å². The normalized spacial score (nSPS) is 14.6. The Labute approximate surface area is 194 Å². The molecule has 0 aliphatic carbocycles. The molecule has 1 aliphatic rings. The van der Waals surface area contributed by atoms with Crippen LogP contribution in [0.1, 0.15) is 49.1 Å². The number of hydrogen-bond acceptors (Lipinski definition) is 5. The highest BCUT2D eigenvalue weighted by Gasteiger charge is 2.18. The van der Waals surface area contributed by atoms with Crippen LogP contribution >= 0.6 is 0 Å². The van der Waals surface area contributed by atoms with Gasteiger partial charge < -0.3 is 10.2 Å². The van der Waals surface area contributed by atoms with Crippen LogP contribution in [0.15, 0.2) is 29.1 Å². The minimum Gasteiger partial charge on any atom is -0.356 e. The summed E-state index contributed by atoms with van der Waals surface area (Å²) >= 11 is 0. The van der Waals surface area contributed by atoms with Crippen molar-refractivity contribution in [1.29, 1.82) is 0 Å². The van der Waals surface area contributed by atoms with Crippen LogP contribution in [0.4, 0.5) is 0 Å². The topological polar surface area (TPSA) is 85.1 Å². The zero-order valence-electron chi connectivity index (χ0n) is 19.9. The molecule has 1 N–H and O–H groups in total. The third-order valence-corrected chi connectivity index (χ3v) is 6.41. The Hall–Kier alpha value is -3.00. The summed E-state index contributed by atoms with van der Waals surface area (Å²) in [7, 11) is 1.74. The van der Waals surface area contributed by atoms with Gasteiger partial charge in [-0.3, -0.25) is 14.2 Å². The fourth-order valence-electron chi connectivity index (χ4n) is 4.47. The van der Waals surface area contributed by atoms with E-state index in [1.807, 2.05) is 38.1 Å². The Bertz CT molecular complexity index is 1170. The summed E-state index contributed by atoms with van der Waals surface area (Å²) in [6.45, 7) is 7.97. The summed E-state index contributed by atoms with van der Waals surface area (Å²) < 4.78 is 3.35. The van der Waals surface area contributed by atoms with Crippen LogP contribution in [0.2, 0.25) is 0 Å². The van der Waals surface area contributed by atoms with Crippen LogP contribution in [0.5, 0.6) is 0 Å². The molecule has 1 aromatic carbocycles. The van der Waals surface area contributed by atoms with E-state index in [4.69, 9.17) is 0 Å². The molecule has 3 heterocycles. The van der Waals surface area contributed by atoms with Gasteiger partial charge >= 0.3 is 0 Å². The minimum atomic E-state index is -0.186. The van der Waals surface area contributed by atoms with Crippen LogP contribution in [0, 0.1) is 13.8 Å². The van der Waals surface area contributed by atoms with Gasteiger partial charge in [0.1, 0.15) is 11.2 Å². The maximum absolute atomic E-state index is 13.0. The Kier molecular flexibility index (Phi) is 7.23. The number of rotatable bonds is 8. The fourth-order valence-corrected chi connectivity index (χ4v) is 4.47. The Morgan fingerprint density at radius 2 is 1.82 bits per heavy atom. The quantitative estimate of drug-likeness (QED) is 0.534. The lowest BCUT2D eigenvalue weighted by molar-refractivity contribution is -0.121. The molecule has 1 amide bonds. The van der Waals surface area contributed by atoms with Gasteiger partial charge in [-0.1, -0.05) is 24.1 Å². The first-order valence-electron chi connectivity index (χ1n) is 12.0. The van der Waals surface area contributed by atoms with Crippen LogP contribution in [-0.4, -0.2) is 56.3 Å². The Balaban J connectivity index is 1.40. The lowest BCUT2D eigenvalue weighted by Crippen LogP contribution is -2.33. The van der Waals surface area contributed by atoms with E-state index in [0.717, 1.165) is 29.9 Å². The molecule has 0 atom stereocenters. The molecule has 1 aliphatic heterocycles. The molecule has 1 saturated heterocycles. The van der Waals surface area contributed by atoms with Crippen LogP contribution in [0.25, 0.3) is 16.9 Å². The zero-order valence-corrected chi connectivity index (χ0v) is 19.9. The Morgan fingerprint density at radius 1 is 1.09 bits per heavy atom. The van der Waals surface area contributed by atoms with Crippen molar-refractivity contribution < 1.29 is 4.79 Å². The molecule has 4 rings (SSSR count). The third-order valence-electron chi connectivity index (χ3n) is 6.41. The number of aromatic nitrogens is 4. The van der Waals surface area contributed by atoms with Gasteiger partial charge in [0.25, 0.3) is 5.56 Å². The summed E-state index contributed by atoms with van der Waals surface area (Å²) in [5, 5.41) is 7.61. The summed E-state index contributed by atoms with van der Waals surface area (Å²) in [6, 6.07) is 8.00. The van der Waals surface area contributed by atoms with Crippen LogP contribution in [-0.2, 0) is 18.3 Å². The predicted octanol–water partition coefficient (Wildman–Crippen LogP) is 2.66. The zero-order chi connectivity index (χ0) is 23.4. The van der Waals surface area contributed by atoms with E-state index in [-0.39, 0.29) is 17.9 Å². The first kappa shape index (κ1) is 23.2. The number of nitrogens with one attached hydrogen (secondary N) is 1. The number of aryl methyl sites for hydroxylation is 4. The lowest BCUT2D eigenvalue weighted by Gasteiger charge is -2.26. The number of piperidine rings is 1. The highest BCUT2D eigenvalue weighted by molar-refractivity contribution is 5.77. The third kappa shape index (κ3) is 5.33. The van der Waals surface area contributed by atoms with Gasteiger partial charge in [0, 0.05) is 26.4 Å². The van der Waals surface area contributed by atoms with Crippen LogP contribution in [0.3, 0.4) is 0 Å². The molecule has 8 heteroatoms. The molecule has 8 nitrogen and oxygen atoms in total. The highest BCUT2D eigenvalue weighted by atomic mass is 16.1. The van der Waals surface area contributed by atoms with Gasteiger partial charge in [0.2, 0.25) is 5.91 Å². The summed E-state index contributed by atoms with van der Waals surface area (Å²) in [5.41, 5.74) is 4.36. The number of carbonyl (C=O) groups excluding carboxylic acids is 1. The fraction of sp³-hybridized carbons (Fsp3) is 0.520. The van der Waals surface area contributed by atoms with Crippen molar-refractivity contribution in [1.82, 2.24) is 29.5 Å². The molecule has 0 bridgehead atoms. The van der Waals surface area contributed by atoms with Crippen molar-refractivity contribution in [2.75, 3.05) is 26.2 Å². The molecule has 3 aromatic rings. The van der Waals surface area contributed by atoms with E-state index >= 15 is 0 Å². The average Bonchev–Trinajstić information content (AvgIpc) is 3.15. The molecule has 176 valence electrons. The number of carbonyl (C=O) groups is 1. The van der Waals surface area contributed by atoms with Crippen molar-refractivity contribution in [2.24, 2.45) is 7.05 Å². The smallest absolute Gasteiger partial charge is 0.273 e. The molecule has 0 spiro atoms. The highest BCUT2D eigenvalue weighted by Crippen LogP contribution is 2.19. The maximum atomic E-state index is 13.0. The van der Waals surface area contributed by atoms with Crippen molar-refractivity contribution in [3.63, 3.8) is 0 Å². The van der Waals surface area contributed by atoms with Gasteiger partial charge in [0.15, 0.2) is 5.65 Å². The number of hydrogen-bond donors (Lipinski definition) is 1. The second-order valence-corrected chi connectivity index (χ2v) is 9.03. The molecule has 0 radical (unpaired) electrons. The number of fused-ring (bicyclic) bond motifs is 1. The van der Waals surface area contributed by atoms with Gasteiger partial charge in [-0.15, -0.1) is 0 Å². The summed E-state index contributed by atoms with van der Waals surface area (Å²) in [5.74, 6) is -0.0373. The average molecular weight is 451 g/mol. The van der Waals surface area contributed by atoms with E-state index in [0.29, 0.717) is 29.8 Å². The Morgan fingerprint density at radius 3 is 2.55 bits per heavy atom. The molecule has 33 heavy (non-hydrogen) atoms. The molecular formula is C25H34N6O2. The predicted molar refractivity (Wildman–Crippen MR) is 130 cm³/mol. The summed E-state index contributed by atoms with van der Waals surface area (Å²) in [4.78, 5) is 32.4. The van der Waals surface area contributed by atoms with Gasteiger partial charge in [-0.2, -0.15) is 5.10 Å². The van der Waals surface area contributed by atoms with E-state index in [9.17, 15) is 9.59 Å². The monoisotopic (exact) mass is 450 g/mol.